The highest BCUT2D eigenvalue weighted by molar-refractivity contribution is 5.82. The number of carbonyl (C=O) groups excluding carboxylic acids is 1. The highest BCUT2D eigenvalue weighted by Crippen LogP contribution is 2.31. The number of rotatable bonds is 2. The zero-order chi connectivity index (χ0) is 15.7. The minimum absolute atomic E-state index is 0.0221. The number of nitrogens with zero attached hydrogens (tertiary/aromatic N) is 3. The Bertz CT molecular complexity index is 572. The predicted octanol–water partition coefficient (Wildman–Crippen LogP) is 0.153. The van der Waals surface area contributed by atoms with Crippen LogP contribution in [0.2, 0.25) is 0 Å². The topological polar surface area (TPSA) is 78.5 Å². The van der Waals surface area contributed by atoms with E-state index in [1.165, 1.54) is 6.07 Å². The summed E-state index contributed by atoms with van der Waals surface area (Å²) in [6.45, 7) is 4.16. The second-order valence-corrected chi connectivity index (χ2v) is 6.19. The Hall–Kier alpha value is -1.73. The summed E-state index contributed by atoms with van der Waals surface area (Å²) in [5.41, 5.74) is 0.508. The highest BCUT2D eigenvalue weighted by Gasteiger charge is 2.37. The normalized spacial score (nSPS) is 29.7. The van der Waals surface area contributed by atoms with Gasteiger partial charge in [0.25, 0.3) is 11.5 Å². The van der Waals surface area contributed by atoms with E-state index in [2.05, 4.69) is 15.1 Å². The molecule has 22 heavy (non-hydrogen) atoms. The van der Waals surface area contributed by atoms with Gasteiger partial charge in [-0.25, -0.2) is 5.10 Å². The molecule has 2 aliphatic rings. The largest absolute Gasteiger partial charge is 0.363 e. The van der Waals surface area contributed by atoms with E-state index in [1.807, 2.05) is 18.9 Å². The summed E-state index contributed by atoms with van der Waals surface area (Å²) < 4.78 is 5.82. The van der Waals surface area contributed by atoms with Crippen molar-refractivity contribution < 1.29 is 9.53 Å². The Morgan fingerprint density at radius 2 is 2.23 bits per heavy atom. The third kappa shape index (κ3) is 3.05. The predicted molar refractivity (Wildman–Crippen MR) is 80.4 cm³/mol. The first kappa shape index (κ1) is 15.2. The summed E-state index contributed by atoms with van der Waals surface area (Å²) >= 11 is 0. The molecule has 0 radical (unpaired) electrons. The number of amides is 1. The second kappa shape index (κ2) is 6.18. The number of ether oxygens (including phenoxy) is 1. The summed E-state index contributed by atoms with van der Waals surface area (Å²) in [4.78, 5) is 27.9. The number of hydrogen-bond donors (Lipinski definition) is 1. The van der Waals surface area contributed by atoms with E-state index in [9.17, 15) is 9.59 Å². The maximum atomic E-state index is 12.8. The SMILES string of the molecule is CC1CN(C)CC(C(=O)N2CCCC2c2ccc(=O)[nH]n2)O1. The lowest BCUT2D eigenvalue weighted by Gasteiger charge is -2.36. The van der Waals surface area contributed by atoms with E-state index in [0.717, 1.165) is 25.1 Å². The summed E-state index contributed by atoms with van der Waals surface area (Å²) in [5.74, 6) is 0.0221. The summed E-state index contributed by atoms with van der Waals surface area (Å²) in [6, 6.07) is 3.08. The van der Waals surface area contributed by atoms with Gasteiger partial charge in [0, 0.05) is 25.7 Å². The lowest BCUT2D eigenvalue weighted by molar-refractivity contribution is -0.156. The van der Waals surface area contributed by atoms with Crippen molar-refractivity contribution in [1.82, 2.24) is 20.0 Å². The summed E-state index contributed by atoms with van der Waals surface area (Å²) in [6.07, 6.45) is 1.44. The van der Waals surface area contributed by atoms with Crippen molar-refractivity contribution in [2.75, 3.05) is 26.7 Å². The van der Waals surface area contributed by atoms with Crippen LogP contribution in [0.3, 0.4) is 0 Å². The molecular formula is C15H22N4O3. The molecule has 7 nitrogen and oxygen atoms in total. The summed E-state index contributed by atoms with van der Waals surface area (Å²) in [7, 11) is 2.00. The number of aromatic nitrogens is 2. The lowest BCUT2D eigenvalue weighted by Crippen LogP contribution is -2.52. The van der Waals surface area contributed by atoms with Crippen molar-refractivity contribution in [2.24, 2.45) is 0 Å². The monoisotopic (exact) mass is 306 g/mol. The number of carbonyl (C=O) groups is 1. The van der Waals surface area contributed by atoms with Crippen LogP contribution in [0.25, 0.3) is 0 Å². The number of H-pyrrole nitrogens is 1. The first-order chi connectivity index (χ1) is 10.5. The van der Waals surface area contributed by atoms with E-state index in [4.69, 9.17) is 4.74 Å². The Kier molecular flexibility index (Phi) is 4.26. The zero-order valence-electron chi connectivity index (χ0n) is 13.0. The number of hydrogen-bond acceptors (Lipinski definition) is 5. The Balaban J connectivity index is 1.76. The molecule has 0 aliphatic carbocycles. The van der Waals surface area contributed by atoms with Gasteiger partial charge in [-0.05, 0) is 32.9 Å². The van der Waals surface area contributed by atoms with E-state index in [1.54, 1.807) is 6.07 Å². The van der Waals surface area contributed by atoms with Gasteiger partial charge in [-0.1, -0.05) is 0 Å². The van der Waals surface area contributed by atoms with Crippen molar-refractivity contribution in [3.05, 3.63) is 28.2 Å². The first-order valence-electron chi connectivity index (χ1n) is 7.74. The fourth-order valence-electron chi connectivity index (χ4n) is 3.36. The average Bonchev–Trinajstić information content (AvgIpc) is 2.95. The molecule has 3 unspecified atom stereocenters. The number of likely N-dealkylation sites (tertiary alicyclic amines) is 1. The van der Waals surface area contributed by atoms with Crippen LogP contribution >= 0.6 is 0 Å². The van der Waals surface area contributed by atoms with E-state index in [-0.39, 0.29) is 23.6 Å². The molecule has 0 aromatic carbocycles. The molecule has 0 spiro atoms. The Labute approximate surface area is 129 Å². The summed E-state index contributed by atoms with van der Waals surface area (Å²) in [5, 5.41) is 6.53. The molecular weight excluding hydrogens is 284 g/mol. The zero-order valence-corrected chi connectivity index (χ0v) is 13.0. The van der Waals surface area contributed by atoms with Crippen LogP contribution in [0, 0.1) is 0 Å². The van der Waals surface area contributed by atoms with Gasteiger partial charge >= 0.3 is 0 Å². The number of aromatic amines is 1. The fourth-order valence-corrected chi connectivity index (χ4v) is 3.36. The minimum Gasteiger partial charge on any atom is -0.363 e. The van der Waals surface area contributed by atoms with Gasteiger partial charge in [-0.2, -0.15) is 5.10 Å². The molecule has 7 heteroatoms. The lowest BCUT2D eigenvalue weighted by atomic mass is 10.1. The fraction of sp³-hybridized carbons (Fsp3) is 0.667. The highest BCUT2D eigenvalue weighted by atomic mass is 16.5. The standard InChI is InChI=1S/C15H22N4O3/c1-10-8-18(2)9-13(22-10)15(21)19-7-3-4-12(19)11-5-6-14(20)17-16-11/h5-6,10,12-13H,3-4,7-9H2,1-2H3,(H,17,20). The molecule has 1 aromatic rings. The van der Waals surface area contributed by atoms with Gasteiger partial charge in [-0.3, -0.25) is 9.59 Å². The van der Waals surface area contributed by atoms with Crippen LogP contribution in [0.4, 0.5) is 0 Å². The molecule has 2 aliphatic heterocycles. The van der Waals surface area contributed by atoms with Crippen LogP contribution in [-0.2, 0) is 9.53 Å². The molecule has 3 atom stereocenters. The molecule has 0 bridgehead atoms. The Morgan fingerprint density at radius 3 is 2.91 bits per heavy atom. The van der Waals surface area contributed by atoms with Gasteiger partial charge < -0.3 is 14.5 Å². The van der Waals surface area contributed by atoms with Crippen LogP contribution in [0.5, 0.6) is 0 Å². The van der Waals surface area contributed by atoms with Gasteiger partial charge in [0.2, 0.25) is 0 Å². The molecule has 1 N–H and O–H groups in total. The second-order valence-electron chi connectivity index (χ2n) is 6.19. The maximum absolute atomic E-state index is 12.8. The van der Waals surface area contributed by atoms with Crippen LogP contribution in [-0.4, -0.2) is 64.8 Å². The van der Waals surface area contributed by atoms with Crippen LogP contribution in [0.15, 0.2) is 16.9 Å². The number of morpholine rings is 1. The number of nitrogens with one attached hydrogen (secondary N) is 1. The van der Waals surface area contributed by atoms with Crippen molar-refractivity contribution in [2.45, 2.75) is 38.0 Å². The van der Waals surface area contributed by atoms with Gasteiger partial charge in [-0.15, -0.1) is 0 Å². The molecule has 3 rings (SSSR count). The average molecular weight is 306 g/mol. The van der Waals surface area contributed by atoms with Crippen LogP contribution < -0.4 is 5.56 Å². The smallest absolute Gasteiger partial charge is 0.264 e. The molecule has 3 heterocycles. The third-order valence-corrected chi connectivity index (χ3v) is 4.30. The third-order valence-electron chi connectivity index (χ3n) is 4.30. The molecule has 2 fully saturated rings. The van der Waals surface area contributed by atoms with Crippen LogP contribution in [0.1, 0.15) is 31.5 Å². The van der Waals surface area contributed by atoms with E-state index >= 15 is 0 Å². The van der Waals surface area contributed by atoms with Crippen molar-refractivity contribution in [3.8, 4) is 0 Å². The van der Waals surface area contributed by atoms with Gasteiger partial charge in [0.05, 0.1) is 17.8 Å². The molecule has 2 saturated heterocycles. The molecule has 1 amide bonds. The molecule has 0 saturated carbocycles. The maximum Gasteiger partial charge on any atom is 0.264 e. The number of likely N-dealkylation sites (N-methyl/N-ethyl adjacent to an activating group) is 1. The van der Waals surface area contributed by atoms with Gasteiger partial charge in [0.1, 0.15) is 6.10 Å². The van der Waals surface area contributed by atoms with Crippen molar-refractivity contribution in [3.63, 3.8) is 0 Å². The van der Waals surface area contributed by atoms with E-state index < -0.39 is 6.10 Å². The Morgan fingerprint density at radius 1 is 1.41 bits per heavy atom. The quantitative estimate of drug-likeness (QED) is 0.841. The molecule has 120 valence electrons. The van der Waals surface area contributed by atoms with Gasteiger partial charge in [0.15, 0.2) is 0 Å². The minimum atomic E-state index is -0.419. The van der Waals surface area contributed by atoms with Crippen molar-refractivity contribution >= 4 is 5.91 Å². The molecule has 1 aromatic heterocycles. The van der Waals surface area contributed by atoms with E-state index in [0.29, 0.717) is 13.1 Å². The van der Waals surface area contributed by atoms with Crippen molar-refractivity contribution in [1.29, 1.82) is 0 Å². The first-order valence-corrected chi connectivity index (χ1v) is 7.74.